The van der Waals surface area contributed by atoms with Gasteiger partial charge in [-0.1, -0.05) is 11.6 Å². The molecule has 0 radical (unpaired) electrons. The van der Waals surface area contributed by atoms with Crippen LogP contribution >= 0.6 is 11.6 Å². The van der Waals surface area contributed by atoms with Crippen molar-refractivity contribution in [3.8, 4) is 5.75 Å². The highest BCUT2D eigenvalue weighted by molar-refractivity contribution is 6.31. The highest BCUT2D eigenvalue weighted by atomic mass is 35.5. The second-order valence-electron chi connectivity index (χ2n) is 7.87. The van der Waals surface area contributed by atoms with E-state index >= 15 is 0 Å². The van der Waals surface area contributed by atoms with E-state index in [9.17, 15) is 9.59 Å². The molecule has 31 heavy (non-hydrogen) atoms. The molecule has 3 N–H and O–H groups in total. The fraction of sp³-hybridized carbons (Fsp3) is 0.409. The van der Waals surface area contributed by atoms with Crippen LogP contribution in [-0.2, 0) is 9.59 Å². The zero-order chi connectivity index (χ0) is 21.8. The standard InChI is InChI=1S/C22H26ClN5O3/c1-31-20-5-4-16(23)11-18(20)25-21(29)15-3-2-10-28(13-15)22(30)19-12-17(26-27-19)14-6-8-24-9-7-14/h4-9,11,15,17,19,26-27H,2-3,10,12-13H2,1H3,(H,25,29). The van der Waals surface area contributed by atoms with E-state index in [0.717, 1.165) is 18.4 Å². The van der Waals surface area contributed by atoms with Crippen molar-refractivity contribution in [1.29, 1.82) is 0 Å². The number of methoxy groups -OCH3 is 1. The lowest BCUT2D eigenvalue weighted by atomic mass is 9.95. The molecule has 3 atom stereocenters. The first-order valence-electron chi connectivity index (χ1n) is 10.4. The SMILES string of the molecule is COc1ccc(Cl)cc1NC(=O)C1CCCN(C(=O)C2CC(c3ccncc3)NN2)C1. The van der Waals surface area contributed by atoms with Crippen molar-refractivity contribution in [2.45, 2.75) is 31.3 Å². The third kappa shape index (κ3) is 4.98. The van der Waals surface area contributed by atoms with Crippen molar-refractivity contribution in [3.05, 3.63) is 53.3 Å². The van der Waals surface area contributed by atoms with Crippen molar-refractivity contribution >= 4 is 29.1 Å². The van der Waals surface area contributed by atoms with Gasteiger partial charge in [0.2, 0.25) is 11.8 Å². The number of carbonyl (C=O) groups is 2. The van der Waals surface area contributed by atoms with Crippen LogP contribution in [0.15, 0.2) is 42.7 Å². The summed E-state index contributed by atoms with van der Waals surface area (Å²) in [7, 11) is 1.54. The van der Waals surface area contributed by atoms with Gasteiger partial charge in [-0.25, -0.2) is 10.9 Å². The van der Waals surface area contributed by atoms with E-state index in [1.807, 2.05) is 12.1 Å². The van der Waals surface area contributed by atoms with Gasteiger partial charge in [-0.15, -0.1) is 0 Å². The molecule has 2 saturated heterocycles. The molecule has 8 nitrogen and oxygen atoms in total. The number of amides is 2. The monoisotopic (exact) mass is 443 g/mol. The number of hydrazine groups is 1. The van der Waals surface area contributed by atoms with Crippen LogP contribution in [0.5, 0.6) is 5.75 Å². The summed E-state index contributed by atoms with van der Waals surface area (Å²) in [5.41, 5.74) is 7.93. The van der Waals surface area contributed by atoms with Crippen LogP contribution in [0.4, 0.5) is 5.69 Å². The first-order chi connectivity index (χ1) is 15.0. The average Bonchev–Trinajstić information content (AvgIpc) is 3.30. The molecular weight excluding hydrogens is 418 g/mol. The molecule has 3 heterocycles. The molecule has 1 aromatic carbocycles. The van der Waals surface area contributed by atoms with Gasteiger partial charge < -0.3 is 15.0 Å². The average molecular weight is 444 g/mol. The molecule has 0 saturated carbocycles. The Bertz CT molecular complexity index is 942. The molecule has 4 rings (SSSR count). The molecule has 2 aromatic rings. The molecule has 2 aliphatic rings. The number of halogens is 1. The molecule has 0 spiro atoms. The first-order valence-corrected chi connectivity index (χ1v) is 10.8. The predicted octanol–water partition coefficient (Wildman–Crippen LogP) is 2.53. The van der Waals surface area contributed by atoms with Gasteiger partial charge in [0.15, 0.2) is 0 Å². The van der Waals surface area contributed by atoms with E-state index in [1.165, 1.54) is 0 Å². The maximum atomic E-state index is 13.1. The fourth-order valence-corrected chi connectivity index (χ4v) is 4.33. The third-order valence-corrected chi connectivity index (χ3v) is 6.07. The lowest BCUT2D eigenvalue weighted by molar-refractivity contribution is -0.136. The summed E-state index contributed by atoms with van der Waals surface area (Å²) in [6.45, 7) is 1.05. The Labute approximate surface area is 186 Å². The number of aromatic nitrogens is 1. The molecule has 2 aliphatic heterocycles. The molecule has 9 heteroatoms. The van der Waals surface area contributed by atoms with Crippen LogP contribution in [0.1, 0.15) is 30.9 Å². The number of ether oxygens (including phenoxy) is 1. The number of benzene rings is 1. The number of hydrogen-bond donors (Lipinski definition) is 3. The largest absolute Gasteiger partial charge is 0.495 e. The van der Waals surface area contributed by atoms with Gasteiger partial charge in [0.25, 0.3) is 0 Å². The normalized spacial score (nSPS) is 23.4. The molecule has 2 amide bonds. The zero-order valence-corrected chi connectivity index (χ0v) is 18.1. The Balaban J connectivity index is 1.37. The minimum atomic E-state index is -0.326. The van der Waals surface area contributed by atoms with Crippen LogP contribution in [0, 0.1) is 5.92 Å². The van der Waals surface area contributed by atoms with Crippen molar-refractivity contribution in [2.24, 2.45) is 5.92 Å². The summed E-state index contributed by atoms with van der Waals surface area (Å²) in [4.78, 5) is 31.8. The maximum Gasteiger partial charge on any atom is 0.241 e. The van der Waals surface area contributed by atoms with Gasteiger partial charge >= 0.3 is 0 Å². The molecule has 1 aromatic heterocycles. The fourth-order valence-electron chi connectivity index (χ4n) is 4.16. The Morgan fingerprint density at radius 2 is 2.03 bits per heavy atom. The number of pyridine rings is 1. The number of nitrogens with zero attached hydrogens (tertiary/aromatic N) is 2. The zero-order valence-electron chi connectivity index (χ0n) is 17.3. The number of hydrogen-bond acceptors (Lipinski definition) is 6. The first kappa shape index (κ1) is 21.5. The summed E-state index contributed by atoms with van der Waals surface area (Å²) in [5.74, 6) is 0.142. The summed E-state index contributed by atoms with van der Waals surface area (Å²) < 4.78 is 5.30. The highest BCUT2D eigenvalue weighted by Gasteiger charge is 2.36. The van der Waals surface area contributed by atoms with Crippen molar-refractivity contribution < 1.29 is 14.3 Å². The molecule has 164 valence electrons. The van der Waals surface area contributed by atoms with Crippen LogP contribution in [0.2, 0.25) is 5.02 Å². The Kier molecular flexibility index (Phi) is 6.70. The number of nitrogens with one attached hydrogen (secondary N) is 3. The van der Waals surface area contributed by atoms with E-state index in [1.54, 1.807) is 42.6 Å². The van der Waals surface area contributed by atoms with Crippen molar-refractivity contribution in [2.75, 3.05) is 25.5 Å². The van der Waals surface area contributed by atoms with E-state index in [0.29, 0.717) is 36.0 Å². The van der Waals surface area contributed by atoms with Gasteiger partial charge in [-0.05, 0) is 55.2 Å². The van der Waals surface area contributed by atoms with E-state index in [-0.39, 0.29) is 29.8 Å². The Hall–Kier alpha value is -2.68. The van der Waals surface area contributed by atoms with Gasteiger partial charge in [-0.2, -0.15) is 0 Å². The van der Waals surface area contributed by atoms with Crippen molar-refractivity contribution in [3.63, 3.8) is 0 Å². The number of anilines is 1. The minimum absolute atomic E-state index is 0.0156. The summed E-state index contributed by atoms with van der Waals surface area (Å²) in [5, 5.41) is 3.42. The van der Waals surface area contributed by atoms with Gasteiger partial charge in [0.05, 0.1) is 18.7 Å². The lowest BCUT2D eigenvalue weighted by Crippen LogP contribution is -2.50. The van der Waals surface area contributed by atoms with Gasteiger partial charge in [-0.3, -0.25) is 14.6 Å². The molecule has 3 unspecified atom stereocenters. The van der Waals surface area contributed by atoms with Crippen LogP contribution in [0.25, 0.3) is 0 Å². The minimum Gasteiger partial charge on any atom is -0.495 e. The summed E-state index contributed by atoms with van der Waals surface area (Å²) >= 11 is 6.06. The lowest BCUT2D eigenvalue weighted by Gasteiger charge is -2.33. The van der Waals surface area contributed by atoms with Crippen LogP contribution < -0.4 is 20.9 Å². The number of likely N-dealkylation sites (tertiary alicyclic amines) is 1. The quantitative estimate of drug-likeness (QED) is 0.657. The van der Waals surface area contributed by atoms with Gasteiger partial charge in [0.1, 0.15) is 11.8 Å². The van der Waals surface area contributed by atoms with E-state index in [2.05, 4.69) is 21.2 Å². The predicted molar refractivity (Wildman–Crippen MR) is 118 cm³/mol. The topological polar surface area (TPSA) is 95.6 Å². The molecule has 2 fully saturated rings. The highest BCUT2D eigenvalue weighted by Crippen LogP contribution is 2.29. The van der Waals surface area contributed by atoms with Crippen molar-refractivity contribution in [1.82, 2.24) is 20.7 Å². The third-order valence-electron chi connectivity index (χ3n) is 5.83. The number of piperidine rings is 1. The second kappa shape index (κ2) is 9.64. The number of rotatable bonds is 5. The molecule has 0 aliphatic carbocycles. The summed E-state index contributed by atoms with van der Waals surface area (Å²) in [6, 6.07) is 8.70. The van der Waals surface area contributed by atoms with E-state index < -0.39 is 0 Å². The maximum absolute atomic E-state index is 13.1. The van der Waals surface area contributed by atoms with Crippen LogP contribution in [0.3, 0.4) is 0 Å². The molecular formula is C22H26ClN5O3. The second-order valence-corrected chi connectivity index (χ2v) is 8.30. The van der Waals surface area contributed by atoms with Gasteiger partial charge in [0, 0.05) is 36.5 Å². The smallest absolute Gasteiger partial charge is 0.241 e. The van der Waals surface area contributed by atoms with E-state index in [4.69, 9.17) is 16.3 Å². The summed E-state index contributed by atoms with van der Waals surface area (Å²) in [6.07, 6.45) is 5.65. The Morgan fingerprint density at radius 3 is 2.81 bits per heavy atom. The molecule has 0 bridgehead atoms. The van der Waals surface area contributed by atoms with Crippen LogP contribution in [-0.4, -0.2) is 47.9 Å². The number of carbonyl (C=O) groups excluding carboxylic acids is 2. The Morgan fingerprint density at radius 1 is 1.23 bits per heavy atom.